The van der Waals surface area contributed by atoms with Crippen LogP contribution in [0.25, 0.3) is 0 Å². The van der Waals surface area contributed by atoms with Crippen LogP contribution in [0.3, 0.4) is 0 Å². The molecule has 18 heavy (non-hydrogen) atoms. The number of nitrogens with two attached hydrogens (primary N) is 1. The molecule has 0 spiro atoms. The van der Waals surface area contributed by atoms with E-state index in [1.54, 1.807) is 13.0 Å². The summed E-state index contributed by atoms with van der Waals surface area (Å²) in [6, 6.07) is 5.44. The lowest BCUT2D eigenvalue weighted by Crippen LogP contribution is -2.34. The topological polar surface area (TPSA) is 87.7 Å². The van der Waals surface area contributed by atoms with Crippen molar-refractivity contribution in [2.24, 2.45) is 16.8 Å². The zero-order chi connectivity index (χ0) is 13.7. The second-order valence-corrected chi connectivity index (χ2v) is 5.01. The number of carbonyl (C=O) groups excluding carboxylic acids is 1. The molecule has 1 atom stereocenters. The quantitative estimate of drug-likeness (QED) is 0.343. The van der Waals surface area contributed by atoms with E-state index in [-0.39, 0.29) is 17.7 Å². The lowest BCUT2D eigenvalue weighted by atomic mass is 10.1. The minimum atomic E-state index is -0.213. The number of hydrogen-bond acceptors (Lipinski definition) is 3. The molecule has 0 heterocycles. The van der Waals surface area contributed by atoms with Crippen LogP contribution >= 0.6 is 15.9 Å². The fourth-order valence-electron chi connectivity index (χ4n) is 1.43. The number of nitrogens with one attached hydrogen (secondary N) is 1. The van der Waals surface area contributed by atoms with E-state index in [0.717, 1.165) is 10.0 Å². The molecule has 98 valence electrons. The van der Waals surface area contributed by atoms with Gasteiger partial charge in [0.1, 0.15) is 5.84 Å². The average molecular weight is 314 g/mol. The molecule has 1 aromatic rings. The molecule has 1 unspecified atom stereocenters. The highest BCUT2D eigenvalue weighted by molar-refractivity contribution is 9.10. The van der Waals surface area contributed by atoms with Crippen molar-refractivity contribution in [2.45, 2.75) is 13.8 Å². The highest BCUT2D eigenvalue weighted by Crippen LogP contribution is 2.15. The molecule has 0 aromatic heterocycles. The van der Waals surface area contributed by atoms with Crippen molar-refractivity contribution in [3.8, 4) is 0 Å². The monoisotopic (exact) mass is 313 g/mol. The molecular weight excluding hydrogens is 298 g/mol. The Bertz CT molecular complexity index is 474. The van der Waals surface area contributed by atoms with Gasteiger partial charge in [0.25, 0.3) is 5.91 Å². The third-order valence-corrected chi connectivity index (χ3v) is 3.12. The van der Waals surface area contributed by atoms with Gasteiger partial charge in [0.2, 0.25) is 0 Å². The number of amides is 1. The van der Waals surface area contributed by atoms with E-state index >= 15 is 0 Å². The van der Waals surface area contributed by atoms with Crippen molar-refractivity contribution in [1.82, 2.24) is 5.32 Å². The minimum Gasteiger partial charge on any atom is -0.409 e. The van der Waals surface area contributed by atoms with Gasteiger partial charge in [0, 0.05) is 22.5 Å². The summed E-state index contributed by atoms with van der Waals surface area (Å²) < 4.78 is 0.932. The predicted octanol–water partition coefficient (Wildman–Crippen LogP) is 1.87. The van der Waals surface area contributed by atoms with Crippen molar-refractivity contribution in [3.05, 3.63) is 33.8 Å². The van der Waals surface area contributed by atoms with Crippen LogP contribution in [0.1, 0.15) is 22.8 Å². The van der Waals surface area contributed by atoms with Gasteiger partial charge in [-0.15, -0.1) is 0 Å². The maximum atomic E-state index is 11.9. The zero-order valence-electron chi connectivity index (χ0n) is 10.3. The van der Waals surface area contributed by atoms with Crippen LogP contribution in [0.5, 0.6) is 0 Å². The summed E-state index contributed by atoms with van der Waals surface area (Å²) in [4.78, 5) is 11.9. The molecule has 0 aliphatic rings. The number of amidine groups is 1. The van der Waals surface area contributed by atoms with Crippen LogP contribution < -0.4 is 11.1 Å². The van der Waals surface area contributed by atoms with Crippen LogP contribution in [-0.2, 0) is 0 Å². The van der Waals surface area contributed by atoms with Crippen molar-refractivity contribution in [2.75, 3.05) is 6.54 Å². The number of aryl methyl sites for hydroxylation is 1. The highest BCUT2D eigenvalue weighted by Gasteiger charge is 2.12. The van der Waals surface area contributed by atoms with Gasteiger partial charge in [0.15, 0.2) is 0 Å². The van der Waals surface area contributed by atoms with Crippen molar-refractivity contribution in [3.63, 3.8) is 0 Å². The summed E-state index contributed by atoms with van der Waals surface area (Å²) in [7, 11) is 0. The fraction of sp³-hybridized carbons (Fsp3) is 0.333. The molecule has 0 fully saturated rings. The van der Waals surface area contributed by atoms with Crippen LogP contribution in [0, 0.1) is 12.8 Å². The number of rotatable bonds is 4. The molecule has 0 radical (unpaired) electrons. The Balaban J connectivity index is 2.66. The molecule has 0 saturated carbocycles. The second-order valence-electron chi connectivity index (χ2n) is 4.10. The Morgan fingerprint density at radius 1 is 1.61 bits per heavy atom. The zero-order valence-corrected chi connectivity index (χ0v) is 11.9. The normalized spacial score (nSPS) is 13.2. The highest BCUT2D eigenvalue weighted by atomic mass is 79.9. The second kappa shape index (κ2) is 6.39. The number of halogens is 1. The van der Waals surface area contributed by atoms with Gasteiger partial charge < -0.3 is 16.3 Å². The largest absolute Gasteiger partial charge is 0.409 e. The number of oxime groups is 1. The van der Waals surface area contributed by atoms with Gasteiger partial charge >= 0.3 is 0 Å². The van der Waals surface area contributed by atoms with E-state index in [1.165, 1.54) is 0 Å². The Hall–Kier alpha value is -1.56. The van der Waals surface area contributed by atoms with E-state index in [2.05, 4.69) is 26.4 Å². The van der Waals surface area contributed by atoms with Crippen molar-refractivity contribution >= 4 is 27.7 Å². The summed E-state index contributed by atoms with van der Waals surface area (Å²) in [5, 5.41) is 14.2. The van der Waals surface area contributed by atoms with E-state index in [0.29, 0.717) is 12.1 Å². The molecule has 0 aliphatic heterocycles. The third-order valence-electron chi connectivity index (χ3n) is 2.62. The summed E-state index contributed by atoms with van der Waals surface area (Å²) in [6.45, 7) is 3.96. The smallest absolute Gasteiger partial charge is 0.251 e. The Morgan fingerprint density at radius 3 is 2.83 bits per heavy atom. The Morgan fingerprint density at radius 2 is 2.28 bits per heavy atom. The molecule has 0 saturated heterocycles. The van der Waals surface area contributed by atoms with Crippen LogP contribution in [-0.4, -0.2) is 23.5 Å². The Kier molecular flexibility index (Phi) is 5.15. The molecule has 4 N–H and O–H groups in total. The lowest BCUT2D eigenvalue weighted by molar-refractivity contribution is 0.0950. The molecule has 0 bridgehead atoms. The summed E-state index contributed by atoms with van der Waals surface area (Å²) in [6.07, 6.45) is 0. The SMILES string of the molecule is Cc1cc(Br)ccc1C(=O)NCC(C)C(N)=NO. The first kappa shape index (κ1) is 14.5. The van der Waals surface area contributed by atoms with Crippen LogP contribution in [0.2, 0.25) is 0 Å². The van der Waals surface area contributed by atoms with E-state index < -0.39 is 0 Å². The minimum absolute atomic E-state index is 0.0998. The Labute approximate surface area is 114 Å². The fourth-order valence-corrected chi connectivity index (χ4v) is 1.90. The van der Waals surface area contributed by atoms with Gasteiger partial charge in [-0.25, -0.2) is 0 Å². The molecule has 5 nitrogen and oxygen atoms in total. The first-order chi connectivity index (χ1) is 8.45. The van der Waals surface area contributed by atoms with Gasteiger partial charge in [-0.05, 0) is 30.7 Å². The van der Waals surface area contributed by atoms with E-state index in [9.17, 15) is 4.79 Å². The summed E-state index contributed by atoms with van der Waals surface area (Å²) in [5.74, 6) is -0.282. The molecular formula is C12H16BrN3O2. The molecule has 1 aromatic carbocycles. The van der Waals surface area contributed by atoms with E-state index in [4.69, 9.17) is 10.9 Å². The number of carbonyl (C=O) groups is 1. The van der Waals surface area contributed by atoms with Crippen LogP contribution in [0.15, 0.2) is 27.8 Å². The number of benzene rings is 1. The lowest BCUT2D eigenvalue weighted by Gasteiger charge is -2.12. The number of nitrogens with zero attached hydrogens (tertiary/aromatic N) is 1. The van der Waals surface area contributed by atoms with Crippen molar-refractivity contribution < 1.29 is 10.0 Å². The summed E-state index contributed by atoms with van der Waals surface area (Å²) >= 11 is 3.34. The first-order valence-corrected chi connectivity index (χ1v) is 6.26. The maximum absolute atomic E-state index is 11.9. The third kappa shape index (κ3) is 3.73. The summed E-state index contributed by atoms with van der Waals surface area (Å²) in [5.41, 5.74) is 6.94. The standard InChI is InChI=1S/C12H16BrN3O2/c1-7-5-9(13)3-4-10(7)12(17)15-6-8(2)11(14)16-18/h3-5,8,18H,6H2,1-2H3,(H2,14,16)(H,15,17). The van der Waals surface area contributed by atoms with Gasteiger partial charge in [0.05, 0.1) is 0 Å². The predicted molar refractivity (Wildman–Crippen MR) is 73.8 cm³/mol. The average Bonchev–Trinajstić information content (AvgIpc) is 2.34. The molecule has 6 heteroatoms. The number of hydrogen-bond donors (Lipinski definition) is 3. The van der Waals surface area contributed by atoms with Gasteiger partial charge in [-0.2, -0.15) is 0 Å². The van der Waals surface area contributed by atoms with Crippen molar-refractivity contribution in [1.29, 1.82) is 0 Å². The van der Waals surface area contributed by atoms with Gasteiger partial charge in [-0.3, -0.25) is 4.79 Å². The van der Waals surface area contributed by atoms with Crippen LogP contribution in [0.4, 0.5) is 0 Å². The van der Waals surface area contributed by atoms with Gasteiger partial charge in [-0.1, -0.05) is 28.0 Å². The molecule has 1 rings (SSSR count). The van der Waals surface area contributed by atoms with E-state index in [1.807, 2.05) is 19.1 Å². The first-order valence-electron chi connectivity index (χ1n) is 5.47. The maximum Gasteiger partial charge on any atom is 0.251 e. The molecule has 0 aliphatic carbocycles. The molecule has 1 amide bonds.